The maximum atomic E-state index is 10.1. The van der Waals surface area contributed by atoms with Crippen molar-refractivity contribution in [1.82, 2.24) is 10.2 Å². The van der Waals surface area contributed by atoms with E-state index in [9.17, 15) is 5.11 Å². The number of aromatic hydroxyl groups is 1. The molecule has 4 heteroatoms. The van der Waals surface area contributed by atoms with Crippen molar-refractivity contribution in [2.45, 2.75) is 20.4 Å². The van der Waals surface area contributed by atoms with Crippen LogP contribution in [-0.4, -0.2) is 36.2 Å². The van der Waals surface area contributed by atoms with Crippen LogP contribution in [0.25, 0.3) is 0 Å². The van der Waals surface area contributed by atoms with Crippen molar-refractivity contribution in [3.63, 3.8) is 0 Å². The highest BCUT2D eigenvalue weighted by atomic mass is 35.5. The van der Waals surface area contributed by atoms with Crippen molar-refractivity contribution < 1.29 is 5.11 Å². The number of nitrogens with zero attached hydrogens (tertiary/aromatic N) is 1. The topological polar surface area (TPSA) is 35.5 Å². The minimum Gasteiger partial charge on any atom is -0.506 e. The number of nitrogens with one attached hydrogen (secondary N) is 1. The minimum atomic E-state index is 0.252. The molecule has 0 aliphatic carbocycles. The third-order valence-corrected chi connectivity index (χ3v) is 3.82. The van der Waals surface area contributed by atoms with Gasteiger partial charge in [-0.25, -0.2) is 0 Å². The Morgan fingerprint density at radius 2 is 1.94 bits per heavy atom. The van der Waals surface area contributed by atoms with Gasteiger partial charge in [-0.2, -0.15) is 0 Å². The number of hydrogen-bond acceptors (Lipinski definition) is 3. The highest BCUT2D eigenvalue weighted by molar-refractivity contribution is 6.32. The highest BCUT2D eigenvalue weighted by Gasteiger charge is 2.16. The Morgan fingerprint density at radius 3 is 2.59 bits per heavy atom. The molecule has 1 fully saturated rings. The lowest BCUT2D eigenvalue weighted by Gasteiger charge is -2.28. The van der Waals surface area contributed by atoms with Gasteiger partial charge >= 0.3 is 0 Å². The van der Waals surface area contributed by atoms with Crippen LogP contribution in [-0.2, 0) is 6.54 Å². The number of benzene rings is 1. The summed E-state index contributed by atoms with van der Waals surface area (Å²) in [6.45, 7) is 8.79. The summed E-state index contributed by atoms with van der Waals surface area (Å²) >= 11 is 6.09. The number of phenolic OH excluding ortho intramolecular Hbond substituents is 1. The predicted molar refractivity (Wildman–Crippen MR) is 70.7 cm³/mol. The maximum Gasteiger partial charge on any atom is 0.139 e. The molecular formula is C13H19ClN2O. The van der Waals surface area contributed by atoms with Gasteiger partial charge in [-0.1, -0.05) is 17.7 Å². The highest BCUT2D eigenvalue weighted by Crippen LogP contribution is 2.33. The summed E-state index contributed by atoms with van der Waals surface area (Å²) < 4.78 is 0. The monoisotopic (exact) mass is 254 g/mol. The summed E-state index contributed by atoms with van der Waals surface area (Å²) in [7, 11) is 0. The summed E-state index contributed by atoms with van der Waals surface area (Å²) in [5, 5.41) is 13.9. The van der Waals surface area contributed by atoms with Crippen molar-refractivity contribution in [3.8, 4) is 5.75 Å². The van der Waals surface area contributed by atoms with Gasteiger partial charge in [-0.3, -0.25) is 4.90 Å². The molecule has 1 aliphatic rings. The van der Waals surface area contributed by atoms with E-state index in [1.807, 2.05) is 19.9 Å². The van der Waals surface area contributed by atoms with E-state index in [0.29, 0.717) is 5.02 Å². The van der Waals surface area contributed by atoms with Gasteiger partial charge in [0.05, 0.1) is 5.02 Å². The first-order valence-corrected chi connectivity index (χ1v) is 6.38. The zero-order valence-corrected chi connectivity index (χ0v) is 11.1. The molecule has 0 radical (unpaired) electrons. The molecule has 2 N–H and O–H groups in total. The average molecular weight is 255 g/mol. The molecular weight excluding hydrogens is 236 g/mol. The zero-order valence-electron chi connectivity index (χ0n) is 10.4. The van der Waals surface area contributed by atoms with Gasteiger partial charge in [0.15, 0.2) is 0 Å². The molecule has 1 aliphatic heterocycles. The molecule has 0 spiro atoms. The molecule has 1 heterocycles. The number of hydrogen-bond donors (Lipinski definition) is 2. The molecule has 1 aromatic rings. The van der Waals surface area contributed by atoms with Crippen LogP contribution in [0.1, 0.15) is 16.7 Å². The second kappa shape index (κ2) is 5.25. The Hall–Kier alpha value is -0.770. The predicted octanol–water partition coefficient (Wildman–Crippen LogP) is 2.07. The molecule has 1 saturated heterocycles. The summed E-state index contributed by atoms with van der Waals surface area (Å²) in [6, 6.07) is 2.04. The van der Waals surface area contributed by atoms with Crippen LogP contribution < -0.4 is 5.32 Å². The third-order valence-electron chi connectivity index (χ3n) is 3.34. The molecule has 0 aromatic heterocycles. The molecule has 0 atom stereocenters. The first-order chi connectivity index (χ1) is 8.09. The van der Waals surface area contributed by atoms with E-state index >= 15 is 0 Å². The molecule has 0 unspecified atom stereocenters. The standard InChI is InChI=1S/C13H19ClN2O/c1-9-7-10(2)12(14)13(17)11(9)8-16-5-3-15-4-6-16/h7,15,17H,3-6,8H2,1-2H3. The van der Waals surface area contributed by atoms with Crippen molar-refractivity contribution in [2.24, 2.45) is 0 Å². The van der Waals surface area contributed by atoms with Crippen LogP contribution in [0, 0.1) is 13.8 Å². The van der Waals surface area contributed by atoms with Gasteiger partial charge in [0.25, 0.3) is 0 Å². The van der Waals surface area contributed by atoms with Gasteiger partial charge in [-0.15, -0.1) is 0 Å². The molecule has 2 rings (SSSR count). The fraction of sp³-hybridized carbons (Fsp3) is 0.538. The van der Waals surface area contributed by atoms with Gasteiger partial charge in [0, 0.05) is 38.3 Å². The SMILES string of the molecule is Cc1cc(C)c(CN2CCNCC2)c(O)c1Cl. The van der Waals surface area contributed by atoms with Crippen molar-refractivity contribution in [3.05, 3.63) is 27.8 Å². The lowest BCUT2D eigenvalue weighted by molar-refractivity contribution is 0.230. The van der Waals surface area contributed by atoms with E-state index in [2.05, 4.69) is 10.2 Å². The smallest absolute Gasteiger partial charge is 0.139 e. The molecule has 0 bridgehead atoms. The molecule has 17 heavy (non-hydrogen) atoms. The van der Waals surface area contributed by atoms with Crippen LogP contribution in [0.4, 0.5) is 0 Å². The largest absolute Gasteiger partial charge is 0.506 e. The quantitative estimate of drug-likeness (QED) is 0.848. The van der Waals surface area contributed by atoms with Crippen LogP contribution in [0.3, 0.4) is 0 Å². The van der Waals surface area contributed by atoms with E-state index in [0.717, 1.165) is 49.4 Å². The Balaban J connectivity index is 2.22. The Kier molecular flexibility index (Phi) is 3.92. The van der Waals surface area contributed by atoms with E-state index < -0.39 is 0 Å². The van der Waals surface area contributed by atoms with Crippen LogP contribution in [0.5, 0.6) is 5.75 Å². The minimum absolute atomic E-state index is 0.252. The van der Waals surface area contributed by atoms with Crippen molar-refractivity contribution in [1.29, 1.82) is 0 Å². The molecule has 94 valence electrons. The van der Waals surface area contributed by atoms with E-state index in [1.165, 1.54) is 0 Å². The third kappa shape index (κ3) is 2.73. The molecule has 0 amide bonds. The lowest BCUT2D eigenvalue weighted by atomic mass is 10.0. The van der Waals surface area contributed by atoms with Gasteiger partial charge in [0.1, 0.15) is 5.75 Å². The molecule has 0 saturated carbocycles. The Morgan fingerprint density at radius 1 is 1.29 bits per heavy atom. The summed E-state index contributed by atoms with van der Waals surface area (Å²) in [5.41, 5.74) is 3.01. The second-order valence-corrected chi connectivity index (χ2v) is 5.06. The maximum absolute atomic E-state index is 10.1. The van der Waals surface area contributed by atoms with Crippen LogP contribution in [0.15, 0.2) is 6.07 Å². The number of rotatable bonds is 2. The molecule has 3 nitrogen and oxygen atoms in total. The van der Waals surface area contributed by atoms with Gasteiger partial charge in [0.2, 0.25) is 0 Å². The first kappa shape index (κ1) is 12.7. The fourth-order valence-electron chi connectivity index (χ4n) is 2.27. The van der Waals surface area contributed by atoms with Crippen molar-refractivity contribution >= 4 is 11.6 Å². The lowest BCUT2D eigenvalue weighted by Crippen LogP contribution is -2.43. The van der Waals surface area contributed by atoms with Gasteiger partial charge < -0.3 is 10.4 Å². The molecule has 1 aromatic carbocycles. The number of piperazine rings is 1. The normalized spacial score (nSPS) is 17.4. The van der Waals surface area contributed by atoms with E-state index in [-0.39, 0.29) is 5.75 Å². The number of aryl methyl sites for hydroxylation is 2. The summed E-state index contributed by atoms with van der Waals surface area (Å²) in [6.07, 6.45) is 0. The second-order valence-electron chi connectivity index (χ2n) is 4.68. The van der Waals surface area contributed by atoms with E-state index in [1.54, 1.807) is 0 Å². The number of halogens is 1. The van der Waals surface area contributed by atoms with E-state index in [4.69, 9.17) is 11.6 Å². The van der Waals surface area contributed by atoms with Crippen LogP contribution >= 0.6 is 11.6 Å². The van der Waals surface area contributed by atoms with Gasteiger partial charge in [-0.05, 0) is 25.0 Å². The zero-order chi connectivity index (χ0) is 12.4. The van der Waals surface area contributed by atoms with Crippen molar-refractivity contribution in [2.75, 3.05) is 26.2 Å². The summed E-state index contributed by atoms with van der Waals surface area (Å²) in [5.74, 6) is 0.252. The van der Waals surface area contributed by atoms with Crippen LogP contribution in [0.2, 0.25) is 5.02 Å². The Bertz CT molecular complexity index is 414. The average Bonchev–Trinajstić information content (AvgIpc) is 2.33. The Labute approximate surface area is 107 Å². The summed E-state index contributed by atoms with van der Waals surface area (Å²) in [4.78, 5) is 2.34. The fourth-order valence-corrected chi connectivity index (χ4v) is 2.44. The first-order valence-electron chi connectivity index (χ1n) is 6.00. The number of phenols is 1.